The van der Waals surface area contributed by atoms with Gasteiger partial charge in [0.1, 0.15) is 6.42 Å². The van der Waals surface area contributed by atoms with Gasteiger partial charge in [-0.3, -0.25) is 9.59 Å². The number of aryl methyl sites for hydroxylation is 4. The molecule has 0 fully saturated rings. The van der Waals surface area contributed by atoms with Gasteiger partial charge in [-0.25, -0.2) is 0 Å². The standard InChI is InChI=1S/C20H24N2O2/c1-13-6-5-7-17(10-13)12-21-18(23)11-19(24)22-20-15(3)8-14(2)9-16(20)4/h5-10H,11-12H2,1-4H3,(H,21,23)(H,22,24). The summed E-state index contributed by atoms with van der Waals surface area (Å²) in [5.74, 6) is -0.580. The summed E-state index contributed by atoms with van der Waals surface area (Å²) < 4.78 is 0. The summed E-state index contributed by atoms with van der Waals surface area (Å²) in [5.41, 5.74) is 6.11. The van der Waals surface area contributed by atoms with Crippen LogP contribution >= 0.6 is 0 Å². The van der Waals surface area contributed by atoms with E-state index in [4.69, 9.17) is 0 Å². The van der Waals surface area contributed by atoms with Crippen molar-refractivity contribution >= 4 is 17.5 Å². The van der Waals surface area contributed by atoms with E-state index in [1.807, 2.05) is 64.1 Å². The smallest absolute Gasteiger partial charge is 0.233 e. The first-order valence-electron chi connectivity index (χ1n) is 8.05. The van der Waals surface area contributed by atoms with Crippen LogP contribution in [0.25, 0.3) is 0 Å². The van der Waals surface area contributed by atoms with Gasteiger partial charge in [-0.05, 0) is 44.4 Å². The zero-order chi connectivity index (χ0) is 17.7. The van der Waals surface area contributed by atoms with Crippen LogP contribution in [-0.2, 0) is 16.1 Å². The molecule has 0 saturated carbocycles. The van der Waals surface area contributed by atoms with E-state index in [9.17, 15) is 9.59 Å². The van der Waals surface area contributed by atoms with Crippen molar-refractivity contribution in [3.05, 3.63) is 64.2 Å². The second-order valence-electron chi connectivity index (χ2n) is 6.26. The van der Waals surface area contributed by atoms with Crippen LogP contribution in [0.15, 0.2) is 36.4 Å². The molecule has 0 saturated heterocycles. The normalized spacial score (nSPS) is 10.3. The zero-order valence-corrected chi connectivity index (χ0v) is 14.7. The Balaban J connectivity index is 1.89. The predicted molar refractivity (Wildman–Crippen MR) is 96.9 cm³/mol. The van der Waals surface area contributed by atoms with Crippen LogP contribution in [-0.4, -0.2) is 11.8 Å². The van der Waals surface area contributed by atoms with Gasteiger partial charge in [0.25, 0.3) is 0 Å². The number of hydrogen-bond acceptors (Lipinski definition) is 2. The van der Waals surface area contributed by atoms with Gasteiger partial charge in [0, 0.05) is 12.2 Å². The molecule has 2 aromatic carbocycles. The SMILES string of the molecule is Cc1cccc(CNC(=O)CC(=O)Nc2c(C)cc(C)cc2C)c1. The number of hydrogen-bond donors (Lipinski definition) is 2. The maximum Gasteiger partial charge on any atom is 0.233 e. The molecule has 0 heterocycles. The third kappa shape index (κ3) is 4.95. The quantitative estimate of drug-likeness (QED) is 0.826. The van der Waals surface area contributed by atoms with Crippen molar-refractivity contribution in [1.29, 1.82) is 0 Å². The summed E-state index contributed by atoms with van der Waals surface area (Å²) >= 11 is 0. The van der Waals surface area contributed by atoms with Crippen molar-refractivity contribution in [1.82, 2.24) is 5.32 Å². The number of amides is 2. The summed E-state index contributed by atoms with van der Waals surface area (Å²) in [4.78, 5) is 24.1. The molecule has 4 nitrogen and oxygen atoms in total. The Morgan fingerprint density at radius 2 is 1.54 bits per heavy atom. The lowest BCUT2D eigenvalue weighted by atomic mass is 10.0. The van der Waals surface area contributed by atoms with E-state index in [0.29, 0.717) is 6.54 Å². The Hall–Kier alpha value is -2.62. The Labute approximate surface area is 143 Å². The summed E-state index contributed by atoms with van der Waals surface area (Å²) in [6.45, 7) is 8.35. The van der Waals surface area contributed by atoms with Crippen LogP contribution in [0.4, 0.5) is 5.69 Å². The molecule has 0 unspecified atom stereocenters. The Morgan fingerprint density at radius 3 is 2.17 bits per heavy atom. The van der Waals surface area contributed by atoms with Crippen molar-refractivity contribution in [2.45, 2.75) is 40.7 Å². The average molecular weight is 324 g/mol. The van der Waals surface area contributed by atoms with Crippen LogP contribution in [0.2, 0.25) is 0 Å². The van der Waals surface area contributed by atoms with Crippen LogP contribution in [0, 0.1) is 27.7 Å². The summed E-state index contributed by atoms with van der Waals surface area (Å²) in [6, 6.07) is 11.9. The van der Waals surface area contributed by atoms with Crippen LogP contribution in [0.1, 0.15) is 34.2 Å². The van der Waals surface area contributed by atoms with Crippen LogP contribution in [0.5, 0.6) is 0 Å². The molecule has 0 atom stereocenters. The number of rotatable bonds is 5. The average Bonchev–Trinajstić information content (AvgIpc) is 2.49. The Bertz CT molecular complexity index is 743. The number of carbonyl (C=O) groups excluding carboxylic acids is 2. The molecule has 126 valence electrons. The maximum absolute atomic E-state index is 12.1. The van der Waals surface area contributed by atoms with E-state index >= 15 is 0 Å². The molecule has 0 aliphatic carbocycles. The van der Waals surface area contributed by atoms with Gasteiger partial charge < -0.3 is 10.6 Å². The molecule has 0 aliphatic heterocycles. The van der Waals surface area contributed by atoms with E-state index in [1.165, 1.54) is 0 Å². The van der Waals surface area contributed by atoms with E-state index in [0.717, 1.165) is 33.5 Å². The molecular formula is C20H24N2O2. The molecule has 0 radical (unpaired) electrons. The zero-order valence-electron chi connectivity index (χ0n) is 14.7. The minimum absolute atomic E-state index is 0.182. The highest BCUT2D eigenvalue weighted by molar-refractivity contribution is 6.04. The fraction of sp³-hybridized carbons (Fsp3) is 0.300. The van der Waals surface area contributed by atoms with Crippen molar-refractivity contribution in [2.24, 2.45) is 0 Å². The number of carbonyl (C=O) groups is 2. The third-order valence-electron chi connectivity index (χ3n) is 3.83. The molecule has 2 aromatic rings. The molecule has 2 N–H and O–H groups in total. The van der Waals surface area contributed by atoms with Gasteiger partial charge in [-0.15, -0.1) is 0 Å². The predicted octanol–water partition coefficient (Wildman–Crippen LogP) is 3.57. The minimum Gasteiger partial charge on any atom is -0.352 e. The lowest BCUT2D eigenvalue weighted by Gasteiger charge is -2.13. The number of anilines is 1. The van der Waals surface area contributed by atoms with Crippen LogP contribution in [0.3, 0.4) is 0 Å². The second-order valence-corrected chi connectivity index (χ2v) is 6.26. The molecule has 2 rings (SSSR count). The molecule has 0 aliphatic rings. The molecule has 24 heavy (non-hydrogen) atoms. The Kier molecular flexibility index (Phi) is 5.74. The van der Waals surface area contributed by atoms with Crippen LogP contribution < -0.4 is 10.6 Å². The highest BCUT2D eigenvalue weighted by atomic mass is 16.2. The first-order valence-corrected chi connectivity index (χ1v) is 8.05. The fourth-order valence-corrected chi connectivity index (χ4v) is 2.79. The van der Waals surface area contributed by atoms with Crippen molar-refractivity contribution in [3.63, 3.8) is 0 Å². The third-order valence-corrected chi connectivity index (χ3v) is 3.83. The topological polar surface area (TPSA) is 58.2 Å². The maximum atomic E-state index is 12.1. The highest BCUT2D eigenvalue weighted by Gasteiger charge is 2.12. The first-order chi connectivity index (χ1) is 11.3. The molecular weight excluding hydrogens is 300 g/mol. The van der Waals surface area contributed by atoms with E-state index in [-0.39, 0.29) is 18.2 Å². The number of benzene rings is 2. The van der Waals surface area contributed by atoms with Crippen molar-refractivity contribution in [2.75, 3.05) is 5.32 Å². The van der Waals surface area contributed by atoms with Crippen molar-refractivity contribution in [3.8, 4) is 0 Å². The van der Waals surface area contributed by atoms with E-state index in [2.05, 4.69) is 10.6 Å². The number of nitrogens with one attached hydrogen (secondary N) is 2. The Morgan fingerprint density at radius 1 is 0.875 bits per heavy atom. The molecule has 0 bridgehead atoms. The first kappa shape index (κ1) is 17.7. The second kappa shape index (κ2) is 7.77. The van der Waals surface area contributed by atoms with Gasteiger partial charge in [-0.1, -0.05) is 47.5 Å². The van der Waals surface area contributed by atoms with Gasteiger partial charge in [0.05, 0.1) is 0 Å². The highest BCUT2D eigenvalue weighted by Crippen LogP contribution is 2.21. The van der Waals surface area contributed by atoms with E-state index in [1.54, 1.807) is 0 Å². The van der Waals surface area contributed by atoms with E-state index < -0.39 is 0 Å². The summed E-state index contributed by atoms with van der Waals surface area (Å²) in [5, 5.41) is 5.63. The van der Waals surface area contributed by atoms with Gasteiger partial charge in [0.15, 0.2) is 0 Å². The molecule has 0 spiro atoms. The summed E-state index contributed by atoms with van der Waals surface area (Å²) in [6.07, 6.45) is -0.182. The monoisotopic (exact) mass is 324 g/mol. The molecule has 2 amide bonds. The van der Waals surface area contributed by atoms with Crippen molar-refractivity contribution < 1.29 is 9.59 Å². The van der Waals surface area contributed by atoms with Gasteiger partial charge in [0.2, 0.25) is 11.8 Å². The molecule has 0 aromatic heterocycles. The molecule has 4 heteroatoms. The lowest BCUT2D eigenvalue weighted by molar-refractivity contribution is -0.126. The minimum atomic E-state index is -0.299. The van der Waals surface area contributed by atoms with Gasteiger partial charge in [-0.2, -0.15) is 0 Å². The lowest BCUT2D eigenvalue weighted by Crippen LogP contribution is -2.28. The van der Waals surface area contributed by atoms with Gasteiger partial charge >= 0.3 is 0 Å². The fourth-order valence-electron chi connectivity index (χ4n) is 2.79. The largest absolute Gasteiger partial charge is 0.352 e. The summed E-state index contributed by atoms with van der Waals surface area (Å²) in [7, 11) is 0.